The Hall–Kier alpha value is -2.68. The number of pyridine rings is 1. The van der Waals surface area contributed by atoms with E-state index in [-0.39, 0.29) is 30.8 Å². The molecule has 0 aliphatic heterocycles. The summed E-state index contributed by atoms with van der Waals surface area (Å²) >= 11 is 1.37. The summed E-state index contributed by atoms with van der Waals surface area (Å²) in [6.45, 7) is 2.12. The summed E-state index contributed by atoms with van der Waals surface area (Å²) < 4.78 is 16.1. The molecule has 4 rings (SSSR count). The maximum atomic E-state index is 12.5. The van der Waals surface area contributed by atoms with Crippen molar-refractivity contribution in [1.82, 2.24) is 14.3 Å². The lowest BCUT2D eigenvalue weighted by Crippen LogP contribution is -2.35. The number of carbonyl (C=O) groups excluding carboxylic acids is 1. The minimum atomic E-state index is -0.752. The molecule has 1 N–H and O–H groups in total. The topological polar surface area (TPSA) is 102 Å². The minimum Gasteiger partial charge on any atom is -0.489 e. The van der Waals surface area contributed by atoms with Gasteiger partial charge in [-0.25, -0.2) is 4.79 Å². The van der Waals surface area contributed by atoms with Gasteiger partial charge < -0.3 is 19.5 Å². The first-order chi connectivity index (χ1) is 15.9. The van der Waals surface area contributed by atoms with E-state index in [1.165, 1.54) is 11.5 Å². The Morgan fingerprint density at radius 2 is 1.97 bits per heavy atom. The lowest BCUT2D eigenvalue weighted by Gasteiger charge is -2.27. The quantitative estimate of drug-likeness (QED) is 0.600. The van der Waals surface area contributed by atoms with Crippen LogP contribution in [0, 0.1) is 12.8 Å². The van der Waals surface area contributed by atoms with Crippen molar-refractivity contribution >= 4 is 23.6 Å². The number of aliphatic carboxylic acids is 1. The van der Waals surface area contributed by atoms with E-state index in [2.05, 4.69) is 9.36 Å². The van der Waals surface area contributed by atoms with Gasteiger partial charge in [-0.3, -0.25) is 9.78 Å². The Bertz CT molecular complexity index is 971. The third kappa shape index (κ3) is 5.63. The van der Waals surface area contributed by atoms with Gasteiger partial charge >= 0.3 is 12.1 Å². The lowest BCUT2D eigenvalue weighted by molar-refractivity contribution is -0.143. The maximum absolute atomic E-state index is 12.5. The monoisotopic (exact) mass is 473 g/mol. The largest absolute Gasteiger partial charge is 0.489 e. The number of ether oxygens (including phenoxy) is 2. The Morgan fingerprint density at radius 3 is 2.67 bits per heavy atom. The van der Waals surface area contributed by atoms with E-state index >= 15 is 0 Å². The average Bonchev–Trinajstić information content (AvgIpc) is 3.48. The fourth-order valence-corrected chi connectivity index (χ4v) is 5.40. The number of carboxylic acid groups (broad SMARTS) is 1. The van der Waals surface area contributed by atoms with Crippen molar-refractivity contribution < 1.29 is 24.2 Å². The summed E-state index contributed by atoms with van der Waals surface area (Å²) in [6, 6.07) is 3.95. The summed E-state index contributed by atoms with van der Waals surface area (Å²) in [5.74, 6) is -0.474. The highest BCUT2D eigenvalue weighted by molar-refractivity contribution is 7.06. The number of hydrogen-bond acceptors (Lipinski definition) is 7. The summed E-state index contributed by atoms with van der Waals surface area (Å²) in [5, 5.41) is 9.27. The number of carboxylic acids is 1. The second-order valence-electron chi connectivity index (χ2n) is 8.99. The van der Waals surface area contributed by atoms with Gasteiger partial charge in [0, 0.05) is 23.5 Å². The molecule has 2 aliphatic carbocycles. The number of carbonyl (C=O) groups is 2. The first kappa shape index (κ1) is 23.5. The normalized spacial score (nSPS) is 21.0. The molecule has 0 unspecified atom stereocenters. The molecule has 2 aromatic rings. The van der Waals surface area contributed by atoms with Crippen molar-refractivity contribution in [2.75, 3.05) is 7.05 Å². The molecule has 2 atom stereocenters. The van der Waals surface area contributed by atoms with Crippen molar-refractivity contribution in [3.63, 3.8) is 0 Å². The highest BCUT2D eigenvalue weighted by atomic mass is 32.1. The van der Waals surface area contributed by atoms with E-state index in [1.807, 2.05) is 26.1 Å². The molecule has 2 heterocycles. The molecule has 0 spiro atoms. The van der Waals surface area contributed by atoms with Gasteiger partial charge in [-0.15, -0.1) is 0 Å². The van der Waals surface area contributed by atoms with Crippen LogP contribution in [0.15, 0.2) is 18.3 Å². The predicted octanol–water partition coefficient (Wildman–Crippen LogP) is 5.05. The van der Waals surface area contributed by atoms with Gasteiger partial charge in [0.15, 0.2) is 0 Å². The van der Waals surface area contributed by atoms with Gasteiger partial charge in [0.2, 0.25) is 0 Å². The second-order valence-corrected chi connectivity index (χ2v) is 9.97. The average molecular weight is 474 g/mol. The van der Waals surface area contributed by atoms with Crippen LogP contribution < -0.4 is 4.74 Å². The van der Waals surface area contributed by atoms with Gasteiger partial charge in [-0.2, -0.15) is 4.37 Å². The molecule has 8 nitrogen and oxygen atoms in total. The van der Waals surface area contributed by atoms with Crippen molar-refractivity contribution in [3.8, 4) is 17.1 Å². The molecule has 178 valence electrons. The van der Waals surface area contributed by atoms with Gasteiger partial charge in [0.1, 0.15) is 18.1 Å². The number of amides is 1. The highest BCUT2D eigenvalue weighted by Crippen LogP contribution is 2.31. The van der Waals surface area contributed by atoms with E-state index in [1.54, 1.807) is 11.1 Å². The van der Waals surface area contributed by atoms with Crippen LogP contribution in [0.2, 0.25) is 0 Å². The van der Waals surface area contributed by atoms with Crippen LogP contribution in [-0.4, -0.2) is 50.6 Å². The SMILES string of the molecule is Cc1snc(-c2ccc(O[C@H]3CCC[C@H](C(=O)O)C3)cn2)c1COC(=O)N(C)C1CCCC1. The molecule has 2 saturated carbocycles. The van der Waals surface area contributed by atoms with E-state index < -0.39 is 5.97 Å². The molecular weight excluding hydrogens is 442 g/mol. The Balaban J connectivity index is 1.38. The number of aromatic nitrogens is 2. The molecule has 2 fully saturated rings. The lowest BCUT2D eigenvalue weighted by atomic mass is 9.87. The third-order valence-electron chi connectivity index (χ3n) is 6.74. The molecule has 0 aromatic carbocycles. The van der Waals surface area contributed by atoms with Crippen molar-refractivity contribution in [3.05, 3.63) is 28.8 Å². The molecule has 0 saturated heterocycles. The van der Waals surface area contributed by atoms with Gasteiger partial charge in [0.25, 0.3) is 0 Å². The summed E-state index contributed by atoms with van der Waals surface area (Å²) in [6.07, 6.45) is 8.55. The van der Waals surface area contributed by atoms with Crippen LogP contribution in [0.5, 0.6) is 5.75 Å². The molecule has 2 aromatic heterocycles. The number of nitrogens with zero attached hydrogens (tertiary/aromatic N) is 3. The standard InChI is InChI=1S/C24H31N3O5S/c1-15-20(14-31-24(30)27(2)17-7-3-4-8-17)22(26-33-15)21-11-10-19(13-25-21)32-18-9-5-6-16(12-18)23(28)29/h10-11,13,16-18H,3-9,12,14H2,1-2H3,(H,28,29)/t16-,18-/m0/s1. The zero-order valence-electron chi connectivity index (χ0n) is 19.2. The smallest absolute Gasteiger partial charge is 0.410 e. The number of hydrogen-bond donors (Lipinski definition) is 1. The molecule has 0 bridgehead atoms. The summed E-state index contributed by atoms with van der Waals surface area (Å²) in [7, 11) is 1.81. The van der Waals surface area contributed by atoms with Crippen molar-refractivity contribution in [2.45, 2.75) is 77.0 Å². The van der Waals surface area contributed by atoms with Crippen LogP contribution in [-0.2, 0) is 16.1 Å². The number of aryl methyl sites for hydroxylation is 1. The number of rotatable bonds is 7. The zero-order valence-corrected chi connectivity index (χ0v) is 20.0. The molecule has 9 heteroatoms. The minimum absolute atomic E-state index is 0.110. The highest BCUT2D eigenvalue weighted by Gasteiger charge is 2.28. The first-order valence-electron chi connectivity index (χ1n) is 11.6. The van der Waals surface area contributed by atoms with Crippen molar-refractivity contribution in [1.29, 1.82) is 0 Å². The van der Waals surface area contributed by atoms with Crippen LogP contribution >= 0.6 is 11.5 Å². The fraction of sp³-hybridized carbons (Fsp3) is 0.583. The third-order valence-corrected chi connectivity index (χ3v) is 7.54. The Labute approximate surface area is 198 Å². The summed E-state index contributed by atoms with van der Waals surface area (Å²) in [4.78, 5) is 31.0. The Kier molecular flexibility index (Phi) is 7.47. The molecule has 2 aliphatic rings. The van der Waals surface area contributed by atoms with Crippen LogP contribution in [0.3, 0.4) is 0 Å². The first-order valence-corrected chi connectivity index (χ1v) is 12.4. The van der Waals surface area contributed by atoms with Crippen LogP contribution in [0.4, 0.5) is 4.79 Å². The van der Waals surface area contributed by atoms with Gasteiger partial charge in [-0.1, -0.05) is 12.8 Å². The molecule has 33 heavy (non-hydrogen) atoms. The predicted molar refractivity (Wildman–Crippen MR) is 124 cm³/mol. The van der Waals surface area contributed by atoms with Gasteiger partial charge in [-0.05, 0) is 69.1 Å². The zero-order chi connectivity index (χ0) is 23.4. The van der Waals surface area contributed by atoms with E-state index in [0.717, 1.165) is 49.0 Å². The van der Waals surface area contributed by atoms with E-state index in [4.69, 9.17) is 9.47 Å². The van der Waals surface area contributed by atoms with Crippen LogP contribution in [0.1, 0.15) is 61.8 Å². The van der Waals surface area contributed by atoms with E-state index in [9.17, 15) is 14.7 Å². The molecular formula is C24H31N3O5S. The summed E-state index contributed by atoms with van der Waals surface area (Å²) in [5.41, 5.74) is 2.27. The van der Waals surface area contributed by atoms with Crippen LogP contribution in [0.25, 0.3) is 11.4 Å². The second kappa shape index (κ2) is 10.5. The molecule has 0 radical (unpaired) electrons. The maximum Gasteiger partial charge on any atom is 0.410 e. The van der Waals surface area contributed by atoms with E-state index in [0.29, 0.717) is 30.0 Å². The van der Waals surface area contributed by atoms with Gasteiger partial charge in [0.05, 0.1) is 23.9 Å². The van der Waals surface area contributed by atoms with Crippen molar-refractivity contribution in [2.24, 2.45) is 5.92 Å². The molecule has 1 amide bonds. The fourth-order valence-electron chi connectivity index (χ4n) is 4.70. The Morgan fingerprint density at radius 1 is 1.18 bits per heavy atom.